The number of fused-ring (bicyclic) bond motifs is 3. The summed E-state index contributed by atoms with van der Waals surface area (Å²) in [5.74, 6) is -0.453. The zero-order chi connectivity index (χ0) is 14.3. The van der Waals surface area contributed by atoms with Crippen LogP contribution < -0.4 is 4.74 Å². The lowest BCUT2D eigenvalue weighted by molar-refractivity contribution is -0.152. The van der Waals surface area contributed by atoms with Gasteiger partial charge in [-0.15, -0.1) is 0 Å². The van der Waals surface area contributed by atoms with Crippen LogP contribution in [0.25, 0.3) is 21.8 Å². The number of carbonyl (C=O) groups is 1. The number of carboxylic acids is 1. The van der Waals surface area contributed by atoms with E-state index in [2.05, 4.69) is 11.1 Å². The van der Waals surface area contributed by atoms with Gasteiger partial charge in [-0.1, -0.05) is 18.2 Å². The predicted octanol–water partition coefficient (Wildman–Crippen LogP) is 3.56. The lowest BCUT2D eigenvalue weighted by Gasteiger charge is -2.21. The largest absolute Gasteiger partial charge is 0.478 e. The minimum Gasteiger partial charge on any atom is -0.478 e. The number of aromatic nitrogens is 1. The van der Waals surface area contributed by atoms with Gasteiger partial charge in [-0.3, -0.25) is 0 Å². The lowest BCUT2D eigenvalue weighted by Crippen LogP contribution is -2.37. The molecule has 20 heavy (non-hydrogen) atoms. The van der Waals surface area contributed by atoms with Crippen LogP contribution in [0.4, 0.5) is 0 Å². The van der Waals surface area contributed by atoms with Crippen LogP contribution in [0.5, 0.6) is 5.75 Å². The Labute approximate surface area is 116 Å². The van der Waals surface area contributed by atoms with E-state index in [4.69, 9.17) is 9.84 Å². The highest BCUT2D eigenvalue weighted by atomic mass is 16.5. The van der Waals surface area contributed by atoms with Crippen LogP contribution in [0, 0.1) is 0 Å². The first kappa shape index (κ1) is 12.5. The number of carboxylic acid groups (broad SMARTS) is 1. The molecule has 0 aliphatic rings. The van der Waals surface area contributed by atoms with E-state index in [0.29, 0.717) is 5.75 Å². The Hall–Kier alpha value is -2.49. The van der Waals surface area contributed by atoms with Crippen LogP contribution >= 0.6 is 0 Å². The Kier molecular flexibility index (Phi) is 2.67. The SMILES string of the molecule is CC(C)(Oc1ccc2c(c1)[nH]c1ccccc12)C(=O)O. The van der Waals surface area contributed by atoms with Crippen LogP contribution in [0.3, 0.4) is 0 Å². The summed E-state index contributed by atoms with van der Waals surface area (Å²) in [5.41, 5.74) is 0.738. The number of H-pyrrole nitrogens is 1. The summed E-state index contributed by atoms with van der Waals surface area (Å²) in [6.45, 7) is 3.06. The molecule has 0 bridgehead atoms. The number of aromatic amines is 1. The maximum Gasteiger partial charge on any atom is 0.347 e. The summed E-state index contributed by atoms with van der Waals surface area (Å²) in [6, 6.07) is 13.6. The molecule has 3 aromatic rings. The van der Waals surface area contributed by atoms with Crippen molar-refractivity contribution < 1.29 is 14.6 Å². The summed E-state index contributed by atoms with van der Waals surface area (Å²) >= 11 is 0. The molecule has 2 N–H and O–H groups in total. The van der Waals surface area contributed by atoms with Gasteiger partial charge < -0.3 is 14.8 Å². The van der Waals surface area contributed by atoms with Gasteiger partial charge in [-0.2, -0.15) is 0 Å². The molecule has 0 unspecified atom stereocenters. The summed E-state index contributed by atoms with van der Waals surface area (Å²) < 4.78 is 5.55. The first-order valence-corrected chi connectivity index (χ1v) is 6.40. The maximum absolute atomic E-state index is 11.1. The van der Waals surface area contributed by atoms with Gasteiger partial charge in [0, 0.05) is 22.4 Å². The Morgan fingerprint density at radius 3 is 2.55 bits per heavy atom. The van der Waals surface area contributed by atoms with Crippen LogP contribution in [0.1, 0.15) is 13.8 Å². The van der Waals surface area contributed by atoms with Crippen molar-refractivity contribution >= 4 is 27.8 Å². The van der Waals surface area contributed by atoms with Crippen molar-refractivity contribution in [1.82, 2.24) is 4.98 Å². The van der Waals surface area contributed by atoms with E-state index in [9.17, 15) is 4.79 Å². The molecule has 102 valence electrons. The van der Waals surface area contributed by atoms with Crippen molar-refractivity contribution in [2.45, 2.75) is 19.4 Å². The highest BCUT2D eigenvalue weighted by Crippen LogP contribution is 2.29. The number of benzene rings is 2. The highest BCUT2D eigenvalue weighted by molar-refractivity contribution is 6.07. The number of hydrogen-bond acceptors (Lipinski definition) is 2. The standard InChI is InChI=1S/C16H15NO3/c1-16(2,15(18)19)20-10-7-8-12-11-5-3-4-6-13(11)17-14(12)9-10/h3-9,17H,1-2H3,(H,18,19). The van der Waals surface area contributed by atoms with Gasteiger partial charge in [-0.25, -0.2) is 4.79 Å². The highest BCUT2D eigenvalue weighted by Gasteiger charge is 2.29. The summed E-state index contributed by atoms with van der Waals surface area (Å²) in [4.78, 5) is 14.4. The number of ether oxygens (including phenoxy) is 1. The molecule has 0 aliphatic heterocycles. The molecular weight excluding hydrogens is 254 g/mol. The normalized spacial score (nSPS) is 11.9. The van der Waals surface area contributed by atoms with Crippen molar-refractivity contribution in [3.63, 3.8) is 0 Å². The summed E-state index contributed by atoms with van der Waals surface area (Å²) in [7, 11) is 0. The van der Waals surface area contributed by atoms with E-state index >= 15 is 0 Å². The van der Waals surface area contributed by atoms with E-state index in [0.717, 1.165) is 21.8 Å². The van der Waals surface area contributed by atoms with E-state index in [1.807, 2.05) is 30.3 Å². The fourth-order valence-electron chi connectivity index (χ4n) is 2.24. The van der Waals surface area contributed by atoms with Gasteiger partial charge in [-0.05, 0) is 32.0 Å². The number of rotatable bonds is 3. The topological polar surface area (TPSA) is 62.3 Å². The average Bonchev–Trinajstić information content (AvgIpc) is 2.75. The molecule has 0 spiro atoms. The zero-order valence-electron chi connectivity index (χ0n) is 11.3. The van der Waals surface area contributed by atoms with Crippen LogP contribution in [0.15, 0.2) is 42.5 Å². The molecule has 0 aliphatic carbocycles. The quantitative estimate of drug-likeness (QED) is 0.764. The Morgan fingerprint density at radius 1 is 1.10 bits per heavy atom. The minimum absolute atomic E-state index is 0.538. The molecule has 0 atom stereocenters. The smallest absolute Gasteiger partial charge is 0.347 e. The number of nitrogens with one attached hydrogen (secondary N) is 1. The second-order valence-corrected chi connectivity index (χ2v) is 5.30. The third kappa shape index (κ3) is 1.99. The number of hydrogen-bond donors (Lipinski definition) is 2. The van der Waals surface area contributed by atoms with E-state index in [1.54, 1.807) is 6.07 Å². The molecule has 0 saturated carbocycles. The van der Waals surface area contributed by atoms with Crippen molar-refractivity contribution in [2.75, 3.05) is 0 Å². The Balaban J connectivity index is 2.07. The predicted molar refractivity (Wildman–Crippen MR) is 78.1 cm³/mol. The fourth-order valence-corrected chi connectivity index (χ4v) is 2.24. The van der Waals surface area contributed by atoms with Gasteiger partial charge in [0.05, 0.1) is 5.52 Å². The third-order valence-corrected chi connectivity index (χ3v) is 3.37. The van der Waals surface area contributed by atoms with Crippen molar-refractivity contribution in [3.8, 4) is 5.75 Å². The Bertz CT molecular complexity index is 802. The molecule has 4 nitrogen and oxygen atoms in total. The molecule has 1 heterocycles. The molecule has 2 aromatic carbocycles. The molecule has 1 aromatic heterocycles. The first-order valence-electron chi connectivity index (χ1n) is 6.40. The van der Waals surface area contributed by atoms with E-state index in [1.165, 1.54) is 13.8 Å². The Morgan fingerprint density at radius 2 is 1.80 bits per heavy atom. The summed E-state index contributed by atoms with van der Waals surface area (Å²) in [5, 5.41) is 11.3. The molecule has 3 rings (SSSR count). The second-order valence-electron chi connectivity index (χ2n) is 5.30. The third-order valence-electron chi connectivity index (χ3n) is 3.37. The van der Waals surface area contributed by atoms with Crippen LogP contribution in [0.2, 0.25) is 0 Å². The zero-order valence-corrected chi connectivity index (χ0v) is 11.3. The van der Waals surface area contributed by atoms with Gasteiger partial charge in [0.2, 0.25) is 0 Å². The van der Waals surface area contributed by atoms with E-state index < -0.39 is 11.6 Å². The fraction of sp³-hybridized carbons (Fsp3) is 0.188. The van der Waals surface area contributed by atoms with Crippen LogP contribution in [-0.2, 0) is 4.79 Å². The molecule has 0 radical (unpaired) electrons. The van der Waals surface area contributed by atoms with Crippen molar-refractivity contribution in [3.05, 3.63) is 42.5 Å². The van der Waals surface area contributed by atoms with E-state index in [-0.39, 0.29) is 0 Å². The van der Waals surface area contributed by atoms with Gasteiger partial charge >= 0.3 is 5.97 Å². The second kappa shape index (κ2) is 4.27. The molecule has 0 fully saturated rings. The summed E-state index contributed by atoms with van der Waals surface area (Å²) in [6.07, 6.45) is 0. The lowest BCUT2D eigenvalue weighted by atomic mass is 10.1. The van der Waals surface area contributed by atoms with Gasteiger partial charge in [0.15, 0.2) is 5.60 Å². The molecule has 0 saturated heterocycles. The van der Waals surface area contributed by atoms with Crippen molar-refractivity contribution in [2.24, 2.45) is 0 Å². The maximum atomic E-state index is 11.1. The van der Waals surface area contributed by atoms with Gasteiger partial charge in [0.25, 0.3) is 0 Å². The monoisotopic (exact) mass is 269 g/mol. The average molecular weight is 269 g/mol. The molecule has 0 amide bonds. The number of para-hydroxylation sites is 1. The van der Waals surface area contributed by atoms with Crippen molar-refractivity contribution in [1.29, 1.82) is 0 Å². The van der Waals surface area contributed by atoms with Crippen LogP contribution in [-0.4, -0.2) is 21.7 Å². The number of aliphatic carboxylic acids is 1. The molecular formula is C16H15NO3. The first-order chi connectivity index (χ1) is 9.47. The van der Waals surface area contributed by atoms with Gasteiger partial charge in [0.1, 0.15) is 5.75 Å². The molecule has 4 heteroatoms. The minimum atomic E-state index is -1.25.